The minimum absolute atomic E-state index is 0.113. The predicted molar refractivity (Wildman–Crippen MR) is 117 cm³/mol. The third-order valence-corrected chi connectivity index (χ3v) is 4.71. The van der Waals surface area contributed by atoms with E-state index in [0.717, 1.165) is 37.3 Å². The van der Waals surface area contributed by atoms with Crippen molar-refractivity contribution in [2.24, 2.45) is 0 Å². The van der Waals surface area contributed by atoms with Crippen molar-refractivity contribution in [3.05, 3.63) is 54.1 Å². The summed E-state index contributed by atoms with van der Waals surface area (Å²) in [5, 5.41) is 8.71. The van der Waals surface area contributed by atoms with Crippen LogP contribution in [0.25, 0.3) is 0 Å². The Morgan fingerprint density at radius 2 is 1.97 bits per heavy atom. The van der Waals surface area contributed by atoms with Crippen molar-refractivity contribution in [1.82, 2.24) is 5.32 Å². The summed E-state index contributed by atoms with van der Waals surface area (Å²) in [5.74, 6) is 0.436. The van der Waals surface area contributed by atoms with E-state index in [0.29, 0.717) is 24.4 Å². The fourth-order valence-corrected chi connectivity index (χ4v) is 3.10. The van der Waals surface area contributed by atoms with Crippen LogP contribution in [0.2, 0.25) is 0 Å². The van der Waals surface area contributed by atoms with Crippen LogP contribution < -0.4 is 20.7 Å². The van der Waals surface area contributed by atoms with Crippen molar-refractivity contribution in [2.45, 2.75) is 32.3 Å². The van der Waals surface area contributed by atoms with Crippen molar-refractivity contribution in [2.75, 3.05) is 36.9 Å². The van der Waals surface area contributed by atoms with Crippen molar-refractivity contribution < 1.29 is 19.1 Å². The first-order valence-corrected chi connectivity index (χ1v) is 10.4. The van der Waals surface area contributed by atoms with Crippen LogP contribution in [0.3, 0.4) is 0 Å². The number of anilines is 2. The molecule has 3 rings (SSSR count). The molecule has 0 radical (unpaired) electrons. The average molecular weight is 412 g/mol. The molecule has 1 fully saturated rings. The summed E-state index contributed by atoms with van der Waals surface area (Å²) in [5.41, 5.74) is 1.93. The van der Waals surface area contributed by atoms with Gasteiger partial charge in [0.2, 0.25) is 5.91 Å². The Kier molecular flexibility index (Phi) is 8.09. The van der Waals surface area contributed by atoms with Crippen LogP contribution >= 0.6 is 0 Å². The monoisotopic (exact) mass is 411 g/mol. The van der Waals surface area contributed by atoms with Gasteiger partial charge in [0.05, 0.1) is 12.6 Å². The lowest BCUT2D eigenvalue weighted by molar-refractivity contribution is -0.114. The molecule has 1 atom stereocenters. The van der Waals surface area contributed by atoms with E-state index in [2.05, 4.69) is 16.0 Å². The van der Waals surface area contributed by atoms with Gasteiger partial charge in [-0.1, -0.05) is 13.0 Å². The fraction of sp³-hybridized carbons (Fsp3) is 0.391. The third kappa shape index (κ3) is 6.77. The van der Waals surface area contributed by atoms with Crippen molar-refractivity contribution in [1.29, 1.82) is 0 Å². The Labute approximate surface area is 177 Å². The van der Waals surface area contributed by atoms with Crippen molar-refractivity contribution in [3.63, 3.8) is 0 Å². The Morgan fingerprint density at radius 3 is 2.70 bits per heavy atom. The summed E-state index contributed by atoms with van der Waals surface area (Å²) in [6.07, 6.45) is 3.19. The van der Waals surface area contributed by atoms with E-state index >= 15 is 0 Å². The van der Waals surface area contributed by atoms with Gasteiger partial charge in [-0.05, 0) is 61.7 Å². The molecule has 1 aliphatic rings. The number of benzene rings is 2. The number of ether oxygens (including phenoxy) is 2. The fourth-order valence-electron chi connectivity index (χ4n) is 3.10. The number of rotatable bonds is 10. The van der Waals surface area contributed by atoms with Gasteiger partial charge in [-0.25, -0.2) is 0 Å². The minimum Gasteiger partial charge on any atom is -0.491 e. The SMILES string of the molecule is CCCNC(=O)c1cccc(NC(=O)CNc2ccc(OCC3CCCO3)cc2)c1. The number of amides is 2. The summed E-state index contributed by atoms with van der Waals surface area (Å²) in [4.78, 5) is 24.3. The van der Waals surface area contributed by atoms with Crippen LogP contribution in [0.15, 0.2) is 48.5 Å². The summed E-state index contributed by atoms with van der Waals surface area (Å²) in [6, 6.07) is 14.4. The number of hydrogen-bond acceptors (Lipinski definition) is 5. The van der Waals surface area contributed by atoms with Gasteiger partial charge in [-0.3, -0.25) is 9.59 Å². The van der Waals surface area contributed by atoms with E-state index in [-0.39, 0.29) is 24.5 Å². The molecule has 7 heteroatoms. The summed E-state index contributed by atoms with van der Waals surface area (Å²) >= 11 is 0. The molecule has 2 aromatic carbocycles. The summed E-state index contributed by atoms with van der Waals surface area (Å²) in [7, 11) is 0. The molecule has 1 heterocycles. The molecule has 7 nitrogen and oxygen atoms in total. The predicted octanol–water partition coefficient (Wildman–Crippen LogP) is 3.43. The van der Waals surface area contributed by atoms with E-state index < -0.39 is 0 Å². The largest absolute Gasteiger partial charge is 0.491 e. The average Bonchev–Trinajstić information content (AvgIpc) is 3.29. The van der Waals surface area contributed by atoms with Crippen LogP contribution in [-0.2, 0) is 9.53 Å². The molecule has 1 saturated heterocycles. The van der Waals surface area contributed by atoms with Gasteiger partial charge >= 0.3 is 0 Å². The molecule has 0 saturated carbocycles. The molecule has 1 aliphatic heterocycles. The Hall–Kier alpha value is -3.06. The molecule has 0 spiro atoms. The molecule has 0 aliphatic carbocycles. The van der Waals surface area contributed by atoms with E-state index in [4.69, 9.17) is 9.47 Å². The second-order valence-electron chi connectivity index (χ2n) is 7.21. The molecule has 2 aromatic rings. The maximum atomic E-state index is 12.2. The van der Waals surface area contributed by atoms with Gasteiger partial charge in [-0.15, -0.1) is 0 Å². The van der Waals surface area contributed by atoms with Gasteiger partial charge in [-0.2, -0.15) is 0 Å². The van der Waals surface area contributed by atoms with Crippen LogP contribution in [0.4, 0.5) is 11.4 Å². The molecule has 2 amide bonds. The highest BCUT2D eigenvalue weighted by Gasteiger charge is 2.15. The molecular formula is C23H29N3O4. The van der Waals surface area contributed by atoms with Crippen LogP contribution in [0, 0.1) is 0 Å². The smallest absolute Gasteiger partial charge is 0.251 e. The second-order valence-corrected chi connectivity index (χ2v) is 7.21. The minimum atomic E-state index is -0.195. The van der Waals surface area contributed by atoms with Gasteiger partial charge in [0.25, 0.3) is 5.91 Å². The first kappa shape index (κ1) is 21.6. The highest BCUT2D eigenvalue weighted by molar-refractivity contribution is 5.98. The summed E-state index contributed by atoms with van der Waals surface area (Å²) in [6.45, 7) is 4.11. The van der Waals surface area contributed by atoms with Gasteiger partial charge in [0, 0.05) is 30.1 Å². The highest BCUT2D eigenvalue weighted by atomic mass is 16.5. The van der Waals surface area contributed by atoms with Crippen LogP contribution in [0.5, 0.6) is 5.75 Å². The highest BCUT2D eigenvalue weighted by Crippen LogP contribution is 2.18. The lowest BCUT2D eigenvalue weighted by Gasteiger charge is -2.12. The lowest BCUT2D eigenvalue weighted by Crippen LogP contribution is -2.24. The zero-order valence-electron chi connectivity index (χ0n) is 17.3. The maximum Gasteiger partial charge on any atom is 0.251 e. The zero-order valence-corrected chi connectivity index (χ0v) is 17.3. The van der Waals surface area contributed by atoms with Gasteiger partial charge in [0.15, 0.2) is 0 Å². The molecule has 1 unspecified atom stereocenters. The van der Waals surface area contributed by atoms with E-state index in [1.54, 1.807) is 24.3 Å². The number of carbonyl (C=O) groups excluding carboxylic acids is 2. The number of carbonyl (C=O) groups is 2. The normalized spacial score (nSPS) is 15.4. The molecule has 3 N–H and O–H groups in total. The topological polar surface area (TPSA) is 88.7 Å². The Morgan fingerprint density at radius 1 is 1.13 bits per heavy atom. The molecule has 0 aromatic heterocycles. The van der Waals surface area contributed by atoms with Crippen molar-refractivity contribution in [3.8, 4) is 5.75 Å². The zero-order chi connectivity index (χ0) is 21.2. The third-order valence-electron chi connectivity index (χ3n) is 4.71. The number of hydrogen-bond donors (Lipinski definition) is 3. The summed E-state index contributed by atoms with van der Waals surface area (Å²) < 4.78 is 11.3. The van der Waals surface area contributed by atoms with Gasteiger partial charge in [0.1, 0.15) is 12.4 Å². The molecule has 160 valence electrons. The molecular weight excluding hydrogens is 382 g/mol. The van der Waals surface area contributed by atoms with Crippen molar-refractivity contribution >= 4 is 23.2 Å². The van der Waals surface area contributed by atoms with E-state index in [1.807, 2.05) is 31.2 Å². The second kappa shape index (κ2) is 11.2. The van der Waals surface area contributed by atoms with E-state index in [9.17, 15) is 9.59 Å². The van der Waals surface area contributed by atoms with E-state index in [1.165, 1.54) is 0 Å². The first-order valence-electron chi connectivity index (χ1n) is 10.4. The van der Waals surface area contributed by atoms with Gasteiger partial charge < -0.3 is 25.4 Å². The van der Waals surface area contributed by atoms with Crippen LogP contribution in [-0.4, -0.2) is 44.2 Å². The molecule has 30 heavy (non-hydrogen) atoms. The van der Waals surface area contributed by atoms with Crippen LogP contribution in [0.1, 0.15) is 36.5 Å². The maximum absolute atomic E-state index is 12.2. The molecule has 0 bridgehead atoms. The first-order chi connectivity index (χ1) is 14.6. The standard InChI is InChI=1S/C23H29N3O4/c1-2-12-24-23(28)17-5-3-6-19(14-17)26-22(27)15-25-18-8-10-20(11-9-18)30-16-21-7-4-13-29-21/h3,5-6,8-11,14,21,25H,2,4,7,12-13,15-16H2,1H3,(H,24,28)(H,26,27). The Bertz CT molecular complexity index is 833. The Balaban J connectivity index is 1.43. The lowest BCUT2D eigenvalue weighted by atomic mass is 10.2. The number of nitrogens with one attached hydrogen (secondary N) is 3. The quantitative estimate of drug-likeness (QED) is 0.557.